The van der Waals surface area contributed by atoms with Crippen molar-refractivity contribution >= 4 is 35.8 Å². The summed E-state index contributed by atoms with van der Waals surface area (Å²) in [4.78, 5) is 68.5. The third kappa shape index (κ3) is 29.8. The number of fused-ring (bicyclic) bond motifs is 6. The lowest BCUT2D eigenvalue weighted by molar-refractivity contribution is -0.380. The highest BCUT2D eigenvalue weighted by Gasteiger charge is 2.79. The Balaban J connectivity index is 0.000000549. The molecule has 0 radical (unpaired) electrons. The second-order valence-electron chi connectivity index (χ2n) is 34.5. The topological polar surface area (TPSA) is 288 Å². The van der Waals surface area contributed by atoms with Crippen molar-refractivity contribution in [2.45, 2.75) is 314 Å². The summed E-state index contributed by atoms with van der Waals surface area (Å²) in [6.45, 7) is 25.8. The minimum atomic E-state index is -5.93. The Morgan fingerprint density at radius 3 is 1.07 bits per heavy atom. The van der Waals surface area contributed by atoms with Crippen molar-refractivity contribution in [1.82, 2.24) is 0 Å². The molecule has 0 saturated heterocycles. The predicted octanol–water partition coefficient (Wildman–Crippen LogP) is 20.5. The maximum absolute atomic E-state index is 13.0. The second-order valence-corrected chi connectivity index (χ2v) is 34.5. The van der Waals surface area contributed by atoms with Crippen LogP contribution in [0.3, 0.4) is 0 Å². The summed E-state index contributed by atoms with van der Waals surface area (Å²) in [7, 11) is 1.13. The number of alkyl halides is 36. The van der Waals surface area contributed by atoms with E-state index in [0.29, 0.717) is 70.3 Å². The lowest BCUT2D eigenvalue weighted by atomic mass is 9.75. The largest absolute Gasteiger partial charge is 0.462 e. The van der Waals surface area contributed by atoms with Gasteiger partial charge in [0.2, 0.25) is 0 Å². The van der Waals surface area contributed by atoms with Crippen LogP contribution in [0.1, 0.15) is 176 Å². The quantitative estimate of drug-likeness (QED) is 0.0184. The van der Waals surface area contributed by atoms with E-state index in [2.05, 4.69) is 53.7 Å². The van der Waals surface area contributed by atoms with Gasteiger partial charge in [-0.15, -0.1) is 0 Å². The Hall–Kier alpha value is -7.54. The Bertz CT molecular complexity index is 4000. The summed E-state index contributed by atoms with van der Waals surface area (Å²) in [5.74, 6) is -11.8. The van der Waals surface area contributed by atoms with E-state index in [1.165, 1.54) is 34.6 Å². The van der Waals surface area contributed by atoms with Gasteiger partial charge in [0.05, 0.1) is 13.2 Å². The molecule has 7 fully saturated rings. The number of hydrogen-bond acceptors (Lipinski definition) is 19. The molecule has 55 heteroatoms. The minimum absolute atomic E-state index is 0.00259. The summed E-state index contributed by atoms with van der Waals surface area (Å²) in [6, 6.07) is 0. The summed E-state index contributed by atoms with van der Waals surface area (Å²) in [5.41, 5.74) is -33.4. The van der Waals surface area contributed by atoms with Crippen molar-refractivity contribution in [2.24, 2.45) is 53.3 Å². The molecule has 6 bridgehead atoms. The van der Waals surface area contributed by atoms with Crippen LogP contribution in [0.2, 0.25) is 0 Å². The molecule has 14 unspecified atom stereocenters. The van der Waals surface area contributed by atoms with E-state index in [-0.39, 0.29) is 71.3 Å². The maximum Gasteiger partial charge on any atom is 0.426 e. The number of methoxy groups -OCH3 is 1. The van der Waals surface area contributed by atoms with E-state index < -0.39 is 267 Å². The van der Waals surface area contributed by atoms with Gasteiger partial charge in [-0.05, 0) is 185 Å². The standard InChI is InChI=1S/2C15H18F6O3.C14H16F6O3.C13H16F6O3.C12H16F6O4.C11H14F6O3/c1-8(2)11(22)24-12(6-9-3-4-10(12)5-9)7-13(23,14(16,17)18)15(19,20)21;1-7(2)12(22)24-11-9-4-3-8(5-9)10(11)6-13(23,14(16,17)18)15(19,20)21;1-2-10(21)23-11(6-8-3-4-9(11)5-8)7-12(22,13(15,16)17)14(18,19)20;1-7(2)10(20)22-9-5-3-4-8(9)6-11(21,12(14,15)16)13(17,18)19;1-7(2)9(19)22-8(6-21-3)4-5-10(20,11(13,14)15)12(16,17)18;1-6(2)8(18)20-5-7(3)4-9(19,10(12,13)14)11(15,16)17/h9-10,23H,1,3-7H2,2H3;8-11,23H,1,3-6H2,2H3;2,8-9,22H,1,3-7H2;8-9,21H,1,3-6H2,2H3;8,20H,1,4-6H2,2-3H3;7,19H,1,4-5H2,2-3H3. The first-order valence-electron chi connectivity index (χ1n) is 39.9. The van der Waals surface area contributed by atoms with Crippen LogP contribution >= 0.6 is 0 Å². The smallest absolute Gasteiger partial charge is 0.426 e. The molecule has 0 amide bonds. The molecule has 784 valence electrons. The van der Waals surface area contributed by atoms with Gasteiger partial charge in [-0.1, -0.05) is 46.4 Å². The number of ether oxygens (including phenoxy) is 7. The normalized spacial score (nSPS) is 24.6. The molecular formula is C80H98F36O19. The third-order valence-corrected chi connectivity index (χ3v) is 23.9. The van der Waals surface area contributed by atoms with Crippen LogP contribution in [-0.2, 0) is 61.9 Å². The summed E-state index contributed by atoms with van der Waals surface area (Å²) < 4.78 is 493. The van der Waals surface area contributed by atoms with Crippen molar-refractivity contribution in [2.75, 3.05) is 20.3 Å². The number of rotatable bonds is 28. The molecule has 0 heterocycles. The maximum atomic E-state index is 13.0. The van der Waals surface area contributed by atoms with Gasteiger partial charge in [-0.3, -0.25) is 0 Å². The van der Waals surface area contributed by atoms with Crippen molar-refractivity contribution in [1.29, 1.82) is 0 Å². The lowest BCUT2D eigenvalue weighted by Crippen LogP contribution is -2.62. The molecule has 135 heavy (non-hydrogen) atoms. The first-order chi connectivity index (χ1) is 60.1. The number of carbonyl (C=O) groups excluding carboxylic acids is 6. The Kier molecular flexibility index (Phi) is 40.3. The minimum Gasteiger partial charge on any atom is -0.462 e. The van der Waals surface area contributed by atoms with Gasteiger partial charge < -0.3 is 63.8 Å². The van der Waals surface area contributed by atoms with Gasteiger partial charge in [0, 0.05) is 79.1 Å². The summed E-state index contributed by atoms with van der Waals surface area (Å²) >= 11 is 0. The zero-order valence-corrected chi connectivity index (χ0v) is 72.1. The van der Waals surface area contributed by atoms with Crippen LogP contribution in [0.5, 0.6) is 0 Å². The first kappa shape index (κ1) is 124. The van der Waals surface area contributed by atoms with E-state index in [9.17, 15) is 207 Å². The van der Waals surface area contributed by atoms with E-state index in [1.807, 2.05) is 0 Å². The highest BCUT2D eigenvalue weighted by atomic mass is 19.5. The average Bonchev–Trinajstić information content (AvgIpc) is 1.58. The van der Waals surface area contributed by atoms with Gasteiger partial charge in [0.25, 0.3) is 33.6 Å². The molecule has 0 aromatic rings. The van der Waals surface area contributed by atoms with Gasteiger partial charge in [0.1, 0.15) is 29.5 Å². The fourth-order valence-corrected chi connectivity index (χ4v) is 16.6. The molecular weight excluding hydrogens is 1950 g/mol. The van der Waals surface area contributed by atoms with Crippen LogP contribution in [0.25, 0.3) is 0 Å². The van der Waals surface area contributed by atoms with Crippen molar-refractivity contribution in [3.05, 3.63) is 73.4 Å². The number of halogens is 36. The molecule has 0 aromatic carbocycles. The van der Waals surface area contributed by atoms with Gasteiger partial charge >= 0.3 is 110 Å². The molecule has 0 aliphatic heterocycles. The van der Waals surface area contributed by atoms with E-state index in [1.54, 1.807) is 0 Å². The SMILES string of the molecule is C=C(C)C(=O)OC(CCC(O)(C(F)(F)F)C(F)(F)F)COC.C=C(C)C(=O)OC1(CC(O)(C(F)(F)F)C(F)(F)F)CC2CCC1C2.C=C(C)C(=O)OC1C2CCC(C2)C1CC(O)(C(F)(F)F)C(F)(F)F.C=C(C)C(=O)OC1CCCC1CC(O)(C(F)(F)F)C(F)(F)F.C=C(C)C(=O)OCC(C)CC(O)(C(F)(F)F)C(F)(F)F.C=CC(=O)OC1(CC(O)(C(F)(F)F)C(F)(F)F)CC2CCC1C2. The molecule has 0 aromatic heterocycles. The summed E-state index contributed by atoms with van der Waals surface area (Å²) in [6.07, 6.45) is -80.1. The highest BCUT2D eigenvalue weighted by molar-refractivity contribution is 5.89. The van der Waals surface area contributed by atoms with Crippen molar-refractivity contribution in [3.8, 4) is 0 Å². The summed E-state index contributed by atoms with van der Waals surface area (Å²) in [5, 5.41) is 55.5. The molecule has 7 rings (SSSR count). The highest BCUT2D eigenvalue weighted by Crippen LogP contribution is 2.63. The van der Waals surface area contributed by atoms with Crippen molar-refractivity contribution in [3.63, 3.8) is 0 Å². The van der Waals surface area contributed by atoms with Crippen molar-refractivity contribution < 1.29 is 251 Å². The second kappa shape index (κ2) is 44.1. The number of hydrogen-bond donors (Lipinski definition) is 6. The van der Waals surface area contributed by atoms with Gasteiger partial charge in [-0.25, -0.2) is 28.8 Å². The first-order valence-corrected chi connectivity index (χ1v) is 39.9. The van der Waals surface area contributed by atoms with Crippen LogP contribution in [-0.4, -0.2) is 224 Å². The molecule has 7 aliphatic carbocycles. The Morgan fingerprint density at radius 2 is 0.741 bits per heavy atom. The van der Waals surface area contributed by atoms with Crippen LogP contribution < -0.4 is 0 Å². The van der Waals surface area contributed by atoms with Crippen LogP contribution in [0.4, 0.5) is 158 Å². The molecule has 6 N–H and O–H groups in total. The number of carbonyl (C=O) groups is 6. The Labute approximate surface area is 745 Å². The van der Waals surface area contributed by atoms with Crippen LogP contribution in [0.15, 0.2) is 73.4 Å². The Morgan fingerprint density at radius 1 is 0.393 bits per heavy atom. The van der Waals surface area contributed by atoms with E-state index in [4.69, 9.17) is 29.2 Å². The molecule has 7 aliphatic rings. The third-order valence-electron chi connectivity index (χ3n) is 23.9. The number of esters is 6. The van der Waals surface area contributed by atoms with E-state index >= 15 is 0 Å². The molecule has 19 nitrogen and oxygen atoms in total. The number of aliphatic hydroxyl groups is 6. The molecule has 0 spiro atoms. The van der Waals surface area contributed by atoms with Gasteiger partial charge in [-0.2, -0.15) is 158 Å². The van der Waals surface area contributed by atoms with Gasteiger partial charge in [0.15, 0.2) is 0 Å². The zero-order chi connectivity index (χ0) is 106. The van der Waals surface area contributed by atoms with Crippen LogP contribution in [0, 0.1) is 53.3 Å². The molecule has 14 atom stereocenters. The molecule has 7 saturated carbocycles. The lowest BCUT2D eigenvalue weighted by Gasteiger charge is -2.43. The zero-order valence-electron chi connectivity index (χ0n) is 72.1. The predicted molar refractivity (Wildman–Crippen MR) is 391 cm³/mol. The van der Waals surface area contributed by atoms with E-state index in [0.717, 1.165) is 14.0 Å². The fourth-order valence-electron chi connectivity index (χ4n) is 16.6. The monoisotopic (exact) mass is 2050 g/mol. The average molecular weight is 2050 g/mol. The fraction of sp³-hybridized carbons (Fsp3) is 0.775.